The first-order chi connectivity index (χ1) is 10.0. The van der Waals surface area contributed by atoms with Crippen LogP contribution in [0.3, 0.4) is 0 Å². The number of aromatic nitrogens is 1. The van der Waals surface area contributed by atoms with Gasteiger partial charge in [0.2, 0.25) is 10.0 Å². The molecule has 0 radical (unpaired) electrons. The van der Waals surface area contributed by atoms with Crippen molar-refractivity contribution < 1.29 is 13.2 Å². The number of ketones is 1. The van der Waals surface area contributed by atoms with Crippen molar-refractivity contribution in [1.29, 1.82) is 0 Å². The fraction of sp³-hybridized carbons (Fsp3) is 0.286. The number of carbonyl (C=O) groups is 1. The highest BCUT2D eigenvalue weighted by molar-refractivity contribution is 7.89. The molecular weight excluding hydrogens is 308 g/mol. The Hall–Kier alpha value is -1.57. The lowest BCUT2D eigenvalue weighted by Gasteiger charge is -2.07. The van der Waals surface area contributed by atoms with Crippen LogP contribution in [-0.2, 0) is 16.4 Å². The minimum atomic E-state index is -3.60. The second-order valence-electron chi connectivity index (χ2n) is 4.38. The summed E-state index contributed by atoms with van der Waals surface area (Å²) in [7, 11) is -3.60. The summed E-state index contributed by atoms with van der Waals surface area (Å²) >= 11 is 1.49. The van der Waals surface area contributed by atoms with Gasteiger partial charge in [-0.25, -0.2) is 18.1 Å². The Bertz CT molecular complexity index is 710. The summed E-state index contributed by atoms with van der Waals surface area (Å²) in [5, 5.41) is 2.73. The van der Waals surface area contributed by atoms with Crippen molar-refractivity contribution in [3.63, 3.8) is 0 Å². The van der Waals surface area contributed by atoms with E-state index >= 15 is 0 Å². The molecule has 2 rings (SSSR count). The Kier molecular flexibility index (Phi) is 5.22. The number of Topliss-reactive ketones (excluding diaryl/α,β-unsaturated/α-hetero) is 1. The van der Waals surface area contributed by atoms with Gasteiger partial charge in [-0.15, -0.1) is 11.3 Å². The molecule has 21 heavy (non-hydrogen) atoms. The van der Waals surface area contributed by atoms with Crippen LogP contribution in [0.2, 0.25) is 0 Å². The highest BCUT2D eigenvalue weighted by Gasteiger charge is 2.15. The largest absolute Gasteiger partial charge is 0.294 e. The highest BCUT2D eigenvalue weighted by Crippen LogP contribution is 2.13. The monoisotopic (exact) mass is 324 g/mol. The molecule has 7 heteroatoms. The van der Waals surface area contributed by atoms with E-state index in [2.05, 4.69) is 9.71 Å². The Morgan fingerprint density at radius 3 is 2.86 bits per heavy atom. The molecule has 0 fully saturated rings. The summed E-state index contributed by atoms with van der Waals surface area (Å²) in [6.45, 7) is 2.03. The summed E-state index contributed by atoms with van der Waals surface area (Å²) in [6.07, 6.45) is 2.58. The maximum atomic E-state index is 12.2. The van der Waals surface area contributed by atoms with Gasteiger partial charge in [0.1, 0.15) is 0 Å². The number of benzene rings is 1. The number of nitrogens with zero attached hydrogens (tertiary/aromatic N) is 1. The van der Waals surface area contributed by atoms with Crippen LogP contribution in [0.4, 0.5) is 0 Å². The van der Waals surface area contributed by atoms with Gasteiger partial charge in [0.05, 0.1) is 9.90 Å². The molecule has 1 aromatic carbocycles. The Balaban J connectivity index is 2.06. The van der Waals surface area contributed by atoms with Crippen molar-refractivity contribution in [2.24, 2.45) is 0 Å². The molecule has 0 atom stereocenters. The van der Waals surface area contributed by atoms with Crippen molar-refractivity contribution in [2.75, 3.05) is 6.54 Å². The van der Waals surface area contributed by atoms with Crippen molar-refractivity contribution in [1.82, 2.24) is 9.71 Å². The lowest BCUT2D eigenvalue weighted by molar-refractivity contribution is 0.0988. The van der Waals surface area contributed by atoms with Gasteiger partial charge in [0.25, 0.3) is 0 Å². The van der Waals surface area contributed by atoms with Gasteiger partial charge in [0, 0.05) is 36.5 Å². The molecule has 0 bridgehead atoms. The molecule has 1 N–H and O–H groups in total. The molecule has 2 aromatic rings. The highest BCUT2D eigenvalue weighted by atomic mass is 32.2. The quantitative estimate of drug-likeness (QED) is 0.793. The standard InChI is InChI=1S/C14H16N2O3S2/c1-2-13(17)11-4-3-5-12(10-11)21(18,19)16-7-6-14-15-8-9-20-14/h3-5,8-10,16H,2,6-7H2,1H3. The Morgan fingerprint density at radius 1 is 1.38 bits per heavy atom. The third kappa shape index (κ3) is 4.20. The molecular formula is C14H16N2O3S2. The van der Waals surface area contributed by atoms with E-state index in [-0.39, 0.29) is 17.2 Å². The minimum Gasteiger partial charge on any atom is -0.294 e. The van der Waals surface area contributed by atoms with Crippen LogP contribution >= 0.6 is 11.3 Å². The molecule has 0 aliphatic carbocycles. The van der Waals surface area contributed by atoms with Gasteiger partial charge in [-0.05, 0) is 12.1 Å². The Morgan fingerprint density at radius 2 is 2.19 bits per heavy atom. The molecule has 1 heterocycles. The fourth-order valence-electron chi connectivity index (χ4n) is 1.79. The molecule has 112 valence electrons. The smallest absolute Gasteiger partial charge is 0.240 e. The lowest BCUT2D eigenvalue weighted by atomic mass is 10.1. The molecule has 0 saturated carbocycles. The van der Waals surface area contributed by atoms with Gasteiger partial charge < -0.3 is 0 Å². The van der Waals surface area contributed by atoms with Gasteiger partial charge >= 0.3 is 0 Å². The van der Waals surface area contributed by atoms with Crippen molar-refractivity contribution in [2.45, 2.75) is 24.7 Å². The Labute approximate surface area is 128 Å². The number of hydrogen-bond donors (Lipinski definition) is 1. The van der Waals surface area contributed by atoms with Crippen LogP contribution in [0, 0.1) is 0 Å². The molecule has 0 saturated heterocycles. The number of nitrogens with one attached hydrogen (secondary N) is 1. The van der Waals surface area contributed by atoms with Crippen LogP contribution in [0.1, 0.15) is 28.7 Å². The summed E-state index contributed by atoms with van der Waals surface area (Å²) in [5.41, 5.74) is 0.417. The van der Waals surface area contributed by atoms with E-state index in [4.69, 9.17) is 0 Å². The maximum absolute atomic E-state index is 12.2. The van der Waals surface area contributed by atoms with Crippen LogP contribution in [-0.4, -0.2) is 25.7 Å². The van der Waals surface area contributed by atoms with Crippen molar-refractivity contribution in [3.8, 4) is 0 Å². The van der Waals surface area contributed by atoms with E-state index in [1.54, 1.807) is 25.3 Å². The molecule has 5 nitrogen and oxygen atoms in total. The molecule has 0 aliphatic rings. The molecule has 0 aliphatic heterocycles. The molecule has 0 amide bonds. The zero-order valence-electron chi connectivity index (χ0n) is 11.6. The predicted molar refractivity (Wildman–Crippen MR) is 82.1 cm³/mol. The number of rotatable bonds is 7. The average molecular weight is 324 g/mol. The second-order valence-corrected chi connectivity index (χ2v) is 7.12. The van der Waals surface area contributed by atoms with E-state index in [9.17, 15) is 13.2 Å². The number of hydrogen-bond acceptors (Lipinski definition) is 5. The SMILES string of the molecule is CCC(=O)c1cccc(S(=O)(=O)NCCc2nccs2)c1. The van der Waals surface area contributed by atoms with E-state index in [0.29, 0.717) is 18.4 Å². The van der Waals surface area contributed by atoms with Crippen molar-refractivity contribution in [3.05, 3.63) is 46.4 Å². The first-order valence-electron chi connectivity index (χ1n) is 6.54. The van der Waals surface area contributed by atoms with E-state index in [1.165, 1.54) is 23.5 Å². The number of thiazole rings is 1. The normalized spacial score (nSPS) is 11.5. The maximum Gasteiger partial charge on any atom is 0.240 e. The zero-order chi connectivity index (χ0) is 15.3. The topological polar surface area (TPSA) is 76.1 Å². The second kappa shape index (κ2) is 6.93. The molecule has 0 spiro atoms. The average Bonchev–Trinajstić information content (AvgIpc) is 2.99. The third-order valence-corrected chi connectivity index (χ3v) is 5.20. The van der Waals surface area contributed by atoms with Gasteiger partial charge in [-0.3, -0.25) is 4.79 Å². The number of sulfonamides is 1. The van der Waals surface area contributed by atoms with Crippen LogP contribution < -0.4 is 4.72 Å². The van der Waals surface area contributed by atoms with E-state index in [1.807, 2.05) is 5.38 Å². The first-order valence-corrected chi connectivity index (χ1v) is 8.90. The molecule has 1 aromatic heterocycles. The zero-order valence-corrected chi connectivity index (χ0v) is 13.2. The van der Waals surface area contributed by atoms with Crippen LogP contribution in [0.5, 0.6) is 0 Å². The third-order valence-electron chi connectivity index (χ3n) is 2.90. The van der Waals surface area contributed by atoms with E-state index in [0.717, 1.165) is 5.01 Å². The number of carbonyl (C=O) groups excluding carboxylic acids is 1. The summed E-state index contributed by atoms with van der Waals surface area (Å²) in [5.74, 6) is -0.0742. The van der Waals surface area contributed by atoms with Crippen LogP contribution in [0.15, 0.2) is 40.7 Å². The van der Waals surface area contributed by atoms with Crippen molar-refractivity contribution >= 4 is 27.1 Å². The predicted octanol–water partition coefficient (Wildman–Crippen LogP) is 2.26. The van der Waals surface area contributed by atoms with Gasteiger partial charge in [-0.1, -0.05) is 19.1 Å². The van der Waals surface area contributed by atoms with Crippen LogP contribution in [0.25, 0.3) is 0 Å². The minimum absolute atomic E-state index is 0.0742. The lowest BCUT2D eigenvalue weighted by Crippen LogP contribution is -2.26. The molecule has 0 unspecified atom stereocenters. The fourth-order valence-corrected chi connectivity index (χ4v) is 3.49. The van der Waals surface area contributed by atoms with Gasteiger partial charge in [-0.2, -0.15) is 0 Å². The first kappa shape index (κ1) is 15.8. The van der Waals surface area contributed by atoms with Gasteiger partial charge in [0.15, 0.2) is 5.78 Å². The van der Waals surface area contributed by atoms with E-state index < -0.39 is 10.0 Å². The summed E-state index contributed by atoms with van der Waals surface area (Å²) in [6, 6.07) is 6.11. The summed E-state index contributed by atoms with van der Waals surface area (Å²) in [4.78, 5) is 15.8. The summed E-state index contributed by atoms with van der Waals surface area (Å²) < 4.78 is 26.9.